The molecule has 4 N–H and O–H groups in total. The van der Waals surface area contributed by atoms with Gasteiger partial charge in [-0.25, -0.2) is 4.79 Å². The summed E-state index contributed by atoms with van der Waals surface area (Å²) in [5.74, 6) is 1.06. The molecule has 10 heteroatoms. The maximum atomic E-state index is 12.3. The maximum Gasteiger partial charge on any atom is 0.336 e. The van der Waals surface area contributed by atoms with E-state index in [1.54, 1.807) is 31.4 Å². The van der Waals surface area contributed by atoms with Gasteiger partial charge in [0.2, 0.25) is 6.29 Å². The quantitative estimate of drug-likeness (QED) is 0.387. The van der Waals surface area contributed by atoms with Gasteiger partial charge in [0.1, 0.15) is 47.2 Å². The molecule has 10 nitrogen and oxygen atoms in total. The Labute approximate surface area is 188 Å². The number of aliphatic hydroxyl groups excluding tert-OH is 4. The van der Waals surface area contributed by atoms with Gasteiger partial charge in [0.05, 0.1) is 26.2 Å². The minimum Gasteiger partial charge on any atom is -0.497 e. The van der Waals surface area contributed by atoms with Crippen LogP contribution >= 0.6 is 0 Å². The summed E-state index contributed by atoms with van der Waals surface area (Å²) in [6, 6.07) is 11.3. The molecule has 1 aliphatic rings. The second-order valence-corrected chi connectivity index (χ2v) is 7.52. The highest BCUT2D eigenvalue weighted by molar-refractivity contribution is 5.98. The summed E-state index contributed by atoms with van der Waals surface area (Å²) in [7, 11) is 2.96. The number of fused-ring (bicyclic) bond motifs is 1. The molecule has 5 unspecified atom stereocenters. The molecule has 1 fully saturated rings. The van der Waals surface area contributed by atoms with E-state index in [0.29, 0.717) is 28.0 Å². The molecule has 4 rings (SSSR count). The van der Waals surface area contributed by atoms with Gasteiger partial charge in [-0.2, -0.15) is 0 Å². The zero-order valence-electron chi connectivity index (χ0n) is 17.9. The van der Waals surface area contributed by atoms with Crippen LogP contribution in [0.15, 0.2) is 51.7 Å². The predicted molar refractivity (Wildman–Crippen MR) is 115 cm³/mol. The molecule has 3 aromatic rings. The lowest BCUT2D eigenvalue weighted by Gasteiger charge is -2.39. The SMILES string of the molecule is COc1ccc(-c2cc(=O)oc3cc(OC)cc(OC4OC(CO)C(O)C(O)C4O)c23)cc1. The lowest BCUT2D eigenvalue weighted by Crippen LogP contribution is -2.60. The highest BCUT2D eigenvalue weighted by Crippen LogP contribution is 2.39. The van der Waals surface area contributed by atoms with E-state index in [9.17, 15) is 25.2 Å². The maximum absolute atomic E-state index is 12.3. The second kappa shape index (κ2) is 9.38. The van der Waals surface area contributed by atoms with Crippen molar-refractivity contribution in [1.82, 2.24) is 0 Å². The van der Waals surface area contributed by atoms with Gasteiger partial charge in [-0.1, -0.05) is 12.1 Å². The van der Waals surface area contributed by atoms with Crippen molar-refractivity contribution >= 4 is 11.0 Å². The first-order chi connectivity index (χ1) is 15.9. The average molecular weight is 460 g/mol. The third-order valence-corrected chi connectivity index (χ3v) is 5.51. The van der Waals surface area contributed by atoms with Gasteiger partial charge in [-0.15, -0.1) is 0 Å². The van der Waals surface area contributed by atoms with Crippen LogP contribution in [0.1, 0.15) is 0 Å². The molecule has 0 saturated carbocycles. The number of hydrogen-bond donors (Lipinski definition) is 4. The lowest BCUT2D eigenvalue weighted by molar-refractivity contribution is -0.277. The largest absolute Gasteiger partial charge is 0.497 e. The van der Waals surface area contributed by atoms with Gasteiger partial charge in [0.25, 0.3) is 0 Å². The molecule has 2 heterocycles. The topological polar surface area (TPSA) is 148 Å². The lowest BCUT2D eigenvalue weighted by atomic mass is 9.99. The van der Waals surface area contributed by atoms with Crippen LogP contribution in [0, 0.1) is 0 Å². The predicted octanol–water partition coefficient (Wildman–Crippen LogP) is 0.656. The molecule has 176 valence electrons. The number of rotatable bonds is 6. The molecule has 0 bridgehead atoms. The summed E-state index contributed by atoms with van der Waals surface area (Å²) in [4.78, 5) is 12.3. The highest BCUT2D eigenvalue weighted by atomic mass is 16.7. The number of hydrogen-bond acceptors (Lipinski definition) is 10. The molecule has 0 aliphatic carbocycles. The van der Waals surface area contributed by atoms with Gasteiger partial charge >= 0.3 is 5.63 Å². The van der Waals surface area contributed by atoms with Crippen LogP contribution in [0.25, 0.3) is 22.1 Å². The minimum absolute atomic E-state index is 0.128. The molecule has 0 amide bonds. The number of benzene rings is 2. The first kappa shape index (κ1) is 23.0. The van der Waals surface area contributed by atoms with Crippen LogP contribution < -0.4 is 19.8 Å². The summed E-state index contributed by atoms with van der Waals surface area (Å²) < 4.78 is 27.2. The minimum atomic E-state index is -1.62. The number of methoxy groups -OCH3 is 2. The molecular formula is C23H24O10. The Hall–Kier alpha value is -3.15. The normalized spacial score (nSPS) is 25.1. The van der Waals surface area contributed by atoms with Crippen LogP contribution in [0.2, 0.25) is 0 Å². The molecular weight excluding hydrogens is 436 g/mol. The van der Waals surface area contributed by atoms with Crippen molar-refractivity contribution in [3.63, 3.8) is 0 Å². The van der Waals surface area contributed by atoms with E-state index < -0.39 is 42.9 Å². The summed E-state index contributed by atoms with van der Waals surface area (Å²) in [6.07, 6.45) is -7.35. The van der Waals surface area contributed by atoms with Gasteiger partial charge in [0.15, 0.2) is 0 Å². The smallest absolute Gasteiger partial charge is 0.336 e. The van der Waals surface area contributed by atoms with E-state index in [4.69, 9.17) is 23.4 Å². The zero-order chi connectivity index (χ0) is 23.7. The summed E-state index contributed by atoms with van der Waals surface area (Å²) in [6.45, 7) is -0.602. The molecule has 33 heavy (non-hydrogen) atoms. The molecule has 0 spiro atoms. The Morgan fingerprint density at radius 1 is 0.909 bits per heavy atom. The van der Waals surface area contributed by atoms with E-state index in [-0.39, 0.29) is 11.3 Å². The van der Waals surface area contributed by atoms with Gasteiger partial charge in [-0.3, -0.25) is 0 Å². The Bertz CT molecular complexity index is 1170. The van der Waals surface area contributed by atoms with E-state index in [1.165, 1.54) is 25.3 Å². The van der Waals surface area contributed by atoms with Crippen molar-refractivity contribution < 1.29 is 43.8 Å². The second-order valence-electron chi connectivity index (χ2n) is 7.52. The van der Waals surface area contributed by atoms with Crippen LogP contribution in [0.3, 0.4) is 0 Å². The Balaban J connectivity index is 1.85. The van der Waals surface area contributed by atoms with Crippen LogP contribution in [0.4, 0.5) is 0 Å². The Kier molecular flexibility index (Phi) is 6.54. The first-order valence-corrected chi connectivity index (χ1v) is 10.1. The van der Waals surface area contributed by atoms with Crippen molar-refractivity contribution in [3.8, 4) is 28.4 Å². The van der Waals surface area contributed by atoms with Crippen LogP contribution in [-0.2, 0) is 4.74 Å². The third kappa shape index (κ3) is 4.39. The fourth-order valence-electron chi connectivity index (χ4n) is 3.74. The van der Waals surface area contributed by atoms with Crippen molar-refractivity contribution in [3.05, 3.63) is 52.9 Å². The van der Waals surface area contributed by atoms with Crippen molar-refractivity contribution in [2.75, 3.05) is 20.8 Å². The monoisotopic (exact) mass is 460 g/mol. The highest BCUT2D eigenvalue weighted by Gasteiger charge is 2.45. The molecule has 1 aromatic heterocycles. The summed E-state index contributed by atoms with van der Waals surface area (Å²) in [5.41, 5.74) is 0.705. The van der Waals surface area contributed by atoms with Gasteiger partial charge in [0, 0.05) is 23.8 Å². The fraction of sp³-hybridized carbons (Fsp3) is 0.348. The summed E-state index contributed by atoms with van der Waals surface area (Å²) in [5, 5.41) is 40.4. The van der Waals surface area contributed by atoms with Crippen molar-refractivity contribution in [2.24, 2.45) is 0 Å². The summed E-state index contributed by atoms with van der Waals surface area (Å²) >= 11 is 0. The Morgan fingerprint density at radius 2 is 1.61 bits per heavy atom. The van der Waals surface area contributed by atoms with Crippen molar-refractivity contribution in [1.29, 1.82) is 0 Å². The molecule has 5 atom stereocenters. The Morgan fingerprint density at radius 3 is 2.24 bits per heavy atom. The number of aliphatic hydroxyl groups is 4. The van der Waals surface area contributed by atoms with Crippen LogP contribution in [-0.4, -0.2) is 72.0 Å². The van der Waals surface area contributed by atoms with E-state index >= 15 is 0 Å². The molecule has 0 radical (unpaired) electrons. The van der Waals surface area contributed by atoms with E-state index in [0.717, 1.165) is 0 Å². The van der Waals surface area contributed by atoms with Gasteiger partial charge < -0.3 is 43.8 Å². The number of ether oxygens (including phenoxy) is 4. The van der Waals surface area contributed by atoms with Crippen molar-refractivity contribution in [2.45, 2.75) is 30.7 Å². The van der Waals surface area contributed by atoms with Crippen LogP contribution in [0.5, 0.6) is 17.2 Å². The first-order valence-electron chi connectivity index (χ1n) is 10.1. The van der Waals surface area contributed by atoms with E-state index in [1.807, 2.05) is 0 Å². The molecule has 1 aliphatic heterocycles. The van der Waals surface area contributed by atoms with E-state index in [2.05, 4.69) is 0 Å². The zero-order valence-corrected chi connectivity index (χ0v) is 17.9. The third-order valence-electron chi connectivity index (χ3n) is 5.51. The standard InChI is InChI=1S/C23H24O10/c1-29-12-5-3-11(4-6-12)14-9-18(25)31-15-7-13(30-2)8-16(19(14)15)32-23-22(28)21(27)20(26)17(10-24)33-23/h3-9,17,20-24,26-28H,10H2,1-2H3. The average Bonchev–Trinajstić information content (AvgIpc) is 2.83. The molecule has 2 aromatic carbocycles. The van der Waals surface area contributed by atoms with Gasteiger partial charge in [-0.05, 0) is 17.7 Å². The molecule has 1 saturated heterocycles. The fourth-order valence-corrected chi connectivity index (χ4v) is 3.74.